The SMILES string of the molecule is C/C=C\C(=C/C)N/C=C/C=C/C1N(C)c2ccccc2C1(C)C. The van der Waals surface area contributed by atoms with Crippen LogP contribution < -0.4 is 10.2 Å². The number of rotatable bonds is 5. The summed E-state index contributed by atoms with van der Waals surface area (Å²) in [7, 11) is 2.18. The number of benzene rings is 1. The Hall–Kier alpha value is -2.22. The van der Waals surface area contributed by atoms with Gasteiger partial charge >= 0.3 is 0 Å². The maximum absolute atomic E-state index is 3.27. The van der Waals surface area contributed by atoms with Crippen molar-refractivity contribution in [3.63, 3.8) is 0 Å². The molecule has 0 saturated carbocycles. The normalized spacial score (nSPS) is 20.8. The van der Waals surface area contributed by atoms with Crippen molar-refractivity contribution >= 4 is 5.69 Å². The van der Waals surface area contributed by atoms with Crippen LogP contribution in [0, 0.1) is 0 Å². The van der Waals surface area contributed by atoms with Crippen molar-refractivity contribution < 1.29 is 0 Å². The van der Waals surface area contributed by atoms with Gasteiger partial charge in [0.05, 0.1) is 6.04 Å². The third kappa shape index (κ3) is 3.58. The highest BCUT2D eigenvalue weighted by atomic mass is 15.2. The Morgan fingerprint density at radius 1 is 1.17 bits per heavy atom. The van der Waals surface area contributed by atoms with Gasteiger partial charge in [-0.15, -0.1) is 0 Å². The van der Waals surface area contributed by atoms with Crippen LogP contribution in [0.1, 0.15) is 33.3 Å². The highest BCUT2D eigenvalue weighted by Crippen LogP contribution is 2.44. The van der Waals surface area contributed by atoms with E-state index < -0.39 is 0 Å². The Balaban J connectivity index is 2.06. The maximum Gasteiger partial charge on any atom is 0.0565 e. The van der Waals surface area contributed by atoms with Gasteiger partial charge in [-0.05, 0) is 37.6 Å². The van der Waals surface area contributed by atoms with E-state index in [9.17, 15) is 0 Å². The van der Waals surface area contributed by atoms with Crippen molar-refractivity contribution in [3.05, 3.63) is 78.2 Å². The van der Waals surface area contributed by atoms with Crippen molar-refractivity contribution in [2.45, 2.75) is 39.2 Å². The summed E-state index contributed by atoms with van der Waals surface area (Å²) in [6.07, 6.45) is 14.6. The lowest BCUT2D eigenvalue weighted by atomic mass is 9.80. The topological polar surface area (TPSA) is 15.3 Å². The van der Waals surface area contributed by atoms with Crippen LogP contribution in [0.4, 0.5) is 5.69 Å². The van der Waals surface area contributed by atoms with Crippen LogP contribution >= 0.6 is 0 Å². The van der Waals surface area contributed by atoms with Crippen molar-refractivity contribution in [2.24, 2.45) is 0 Å². The summed E-state index contributed by atoms with van der Waals surface area (Å²) in [5.41, 5.74) is 3.97. The molecule has 0 fully saturated rings. The van der Waals surface area contributed by atoms with Crippen LogP contribution in [0.5, 0.6) is 0 Å². The van der Waals surface area contributed by atoms with E-state index in [2.05, 4.69) is 85.8 Å². The molecule has 1 aromatic carbocycles. The summed E-state index contributed by atoms with van der Waals surface area (Å²) in [6, 6.07) is 9.05. The van der Waals surface area contributed by atoms with Crippen molar-refractivity contribution in [1.82, 2.24) is 5.32 Å². The van der Waals surface area contributed by atoms with Crippen molar-refractivity contribution in [1.29, 1.82) is 0 Å². The van der Waals surface area contributed by atoms with Crippen LogP contribution in [0.3, 0.4) is 0 Å². The largest absolute Gasteiger partial charge is 0.367 e. The minimum absolute atomic E-state index is 0.114. The fraction of sp³-hybridized carbons (Fsp3) is 0.333. The zero-order valence-electron chi connectivity index (χ0n) is 14.9. The van der Waals surface area contributed by atoms with Crippen LogP contribution in [-0.2, 0) is 5.41 Å². The van der Waals surface area contributed by atoms with Gasteiger partial charge in [0.25, 0.3) is 0 Å². The monoisotopic (exact) mass is 308 g/mol. The summed E-state index contributed by atoms with van der Waals surface area (Å²) in [6.45, 7) is 8.68. The van der Waals surface area contributed by atoms with Crippen LogP contribution in [0.2, 0.25) is 0 Å². The predicted octanol–water partition coefficient (Wildman–Crippen LogP) is 4.92. The molecule has 1 aromatic rings. The molecule has 1 atom stereocenters. The fourth-order valence-electron chi connectivity index (χ4n) is 3.27. The molecule has 0 aliphatic carbocycles. The summed E-state index contributed by atoms with van der Waals surface area (Å²) in [5.74, 6) is 0. The molecule has 0 saturated heterocycles. The lowest BCUT2D eigenvalue weighted by molar-refractivity contribution is 0.488. The second kappa shape index (κ2) is 7.36. The smallest absolute Gasteiger partial charge is 0.0565 e. The predicted molar refractivity (Wildman–Crippen MR) is 102 cm³/mol. The molecule has 0 spiro atoms. The van der Waals surface area contributed by atoms with Gasteiger partial charge in [0, 0.05) is 30.0 Å². The van der Waals surface area contributed by atoms with Gasteiger partial charge in [-0.25, -0.2) is 0 Å². The zero-order chi connectivity index (χ0) is 16.9. The van der Waals surface area contributed by atoms with E-state index in [1.54, 1.807) is 0 Å². The molecular formula is C21H28N2. The van der Waals surface area contributed by atoms with Gasteiger partial charge < -0.3 is 10.2 Å². The first kappa shape index (κ1) is 17.1. The summed E-state index contributed by atoms with van der Waals surface area (Å²) < 4.78 is 0. The number of nitrogens with one attached hydrogen (secondary N) is 1. The quantitative estimate of drug-likeness (QED) is 0.777. The second-order valence-electron chi connectivity index (χ2n) is 6.43. The molecule has 0 radical (unpaired) electrons. The number of hydrogen-bond acceptors (Lipinski definition) is 2. The van der Waals surface area contributed by atoms with Crippen molar-refractivity contribution in [2.75, 3.05) is 11.9 Å². The second-order valence-corrected chi connectivity index (χ2v) is 6.43. The molecule has 1 aliphatic rings. The van der Waals surface area contributed by atoms with E-state index in [1.165, 1.54) is 11.3 Å². The number of likely N-dealkylation sites (N-methyl/N-ethyl adjacent to an activating group) is 1. The van der Waals surface area contributed by atoms with E-state index in [0.717, 1.165) is 5.70 Å². The molecule has 1 unspecified atom stereocenters. The third-order valence-corrected chi connectivity index (χ3v) is 4.54. The minimum atomic E-state index is 0.114. The maximum atomic E-state index is 3.27. The lowest BCUT2D eigenvalue weighted by Crippen LogP contribution is -2.37. The van der Waals surface area contributed by atoms with E-state index in [0.29, 0.717) is 6.04 Å². The first-order valence-electron chi connectivity index (χ1n) is 8.23. The molecule has 122 valence electrons. The fourth-order valence-corrected chi connectivity index (χ4v) is 3.27. The summed E-state index contributed by atoms with van der Waals surface area (Å²) in [5, 5.41) is 3.27. The molecule has 23 heavy (non-hydrogen) atoms. The minimum Gasteiger partial charge on any atom is -0.367 e. The van der Waals surface area contributed by atoms with Gasteiger partial charge in [0.2, 0.25) is 0 Å². The molecule has 1 heterocycles. The van der Waals surface area contributed by atoms with Gasteiger partial charge in [0.15, 0.2) is 0 Å². The van der Waals surface area contributed by atoms with Gasteiger partial charge in [-0.2, -0.15) is 0 Å². The Labute approximate surface area is 140 Å². The molecule has 2 heteroatoms. The number of para-hydroxylation sites is 1. The summed E-state index contributed by atoms with van der Waals surface area (Å²) >= 11 is 0. The van der Waals surface area contributed by atoms with Gasteiger partial charge in [-0.3, -0.25) is 0 Å². The van der Waals surface area contributed by atoms with Gasteiger partial charge in [0.1, 0.15) is 0 Å². The summed E-state index contributed by atoms with van der Waals surface area (Å²) in [4.78, 5) is 2.37. The van der Waals surface area contributed by atoms with E-state index in [4.69, 9.17) is 0 Å². The molecule has 0 bridgehead atoms. The highest BCUT2D eigenvalue weighted by molar-refractivity contribution is 5.64. The van der Waals surface area contributed by atoms with E-state index in [-0.39, 0.29) is 5.41 Å². The standard InChI is InChI=1S/C21H28N2/c1-6-12-17(7-2)22-16-11-10-15-20-21(3,4)18-13-8-9-14-19(18)23(20)5/h6-16,20,22H,1-5H3/b12-6-,15-10+,16-11+,17-7+. The molecule has 0 aromatic heterocycles. The van der Waals surface area contributed by atoms with Gasteiger partial charge in [-0.1, -0.05) is 56.4 Å². The molecule has 1 aliphatic heterocycles. The number of hydrogen-bond donors (Lipinski definition) is 1. The first-order chi connectivity index (χ1) is 11.0. The molecule has 2 nitrogen and oxygen atoms in total. The molecule has 1 N–H and O–H groups in total. The number of anilines is 1. The first-order valence-corrected chi connectivity index (χ1v) is 8.23. The van der Waals surface area contributed by atoms with Crippen molar-refractivity contribution in [3.8, 4) is 0 Å². The van der Waals surface area contributed by atoms with Crippen LogP contribution in [0.25, 0.3) is 0 Å². The van der Waals surface area contributed by atoms with Crippen LogP contribution in [-0.4, -0.2) is 13.1 Å². The highest BCUT2D eigenvalue weighted by Gasteiger charge is 2.40. The number of nitrogens with zero attached hydrogens (tertiary/aromatic N) is 1. The Kier molecular flexibility index (Phi) is 5.49. The Morgan fingerprint density at radius 2 is 1.91 bits per heavy atom. The lowest BCUT2D eigenvalue weighted by Gasteiger charge is -2.29. The number of fused-ring (bicyclic) bond motifs is 1. The van der Waals surface area contributed by atoms with Crippen LogP contribution in [0.15, 0.2) is 72.6 Å². The molecule has 2 rings (SSSR count). The molecular weight excluding hydrogens is 280 g/mol. The van der Waals surface area contributed by atoms with E-state index >= 15 is 0 Å². The average Bonchev–Trinajstić information content (AvgIpc) is 2.74. The average molecular weight is 308 g/mol. The number of allylic oxidation sites excluding steroid dienone is 5. The zero-order valence-corrected chi connectivity index (χ0v) is 14.9. The third-order valence-electron chi connectivity index (χ3n) is 4.54. The molecule has 0 amide bonds. The Bertz CT molecular complexity index is 648. The Morgan fingerprint density at radius 3 is 2.57 bits per heavy atom. The van der Waals surface area contributed by atoms with E-state index in [1.807, 2.05) is 26.1 Å².